The zero-order valence-electron chi connectivity index (χ0n) is 17.8. The Hall–Kier alpha value is -2.15. The summed E-state index contributed by atoms with van der Waals surface area (Å²) in [5, 5.41) is 7.49. The molecule has 0 bridgehead atoms. The Labute approximate surface area is 168 Å². The Balaban J connectivity index is 2.15. The molecular weight excluding hydrogens is 374 g/mol. The number of hydrogen-bond donors (Lipinski definition) is 1. The molecule has 154 valence electrons. The number of carbonyl (C=O) groups excluding carboxylic acids is 1. The molecule has 0 aliphatic rings. The van der Waals surface area contributed by atoms with Crippen molar-refractivity contribution in [2.24, 2.45) is 0 Å². The first-order chi connectivity index (χ1) is 12.7. The monoisotopic (exact) mass is 405 g/mol. The molecule has 0 radical (unpaired) electrons. The van der Waals surface area contributed by atoms with Gasteiger partial charge in [-0.05, 0) is 39.8 Å². The van der Waals surface area contributed by atoms with Crippen LogP contribution < -0.4 is 5.32 Å². The first-order valence-electron chi connectivity index (χ1n) is 9.40. The van der Waals surface area contributed by atoms with Crippen LogP contribution in [0, 0.1) is 6.92 Å². The molecule has 0 saturated carbocycles. The van der Waals surface area contributed by atoms with Crippen molar-refractivity contribution in [3.05, 3.63) is 41.6 Å². The van der Waals surface area contributed by atoms with Gasteiger partial charge in [0.25, 0.3) is 0 Å². The van der Waals surface area contributed by atoms with E-state index < -0.39 is 9.84 Å². The number of aryl methyl sites for hydroxylation is 1. The minimum Gasteiger partial charge on any atom is -0.311 e. The Kier molecular flexibility index (Phi) is 6.09. The molecule has 28 heavy (non-hydrogen) atoms. The molecule has 0 fully saturated rings. The highest BCUT2D eigenvalue weighted by Crippen LogP contribution is 2.28. The molecule has 0 saturated heterocycles. The summed E-state index contributed by atoms with van der Waals surface area (Å²) in [4.78, 5) is 12.7. The van der Waals surface area contributed by atoms with Crippen LogP contribution in [-0.2, 0) is 25.6 Å². The fourth-order valence-corrected chi connectivity index (χ4v) is 3.88. The van der Waals surface area contributed by atoms with Gasteiger partial charge < -0.3 is 5.32 Å². The quantitative estimate of drug-likeness (QED) is 0.814. The van der Waals surface area contributed by atoms with Crippen molar-refractivity contribution in [2.45, 2.75) is 70.7 Å². The second-order valence-corrected chi connectivity index (χ2v) is 11.3. The first kappa shape index (κ1) is 22.1. The summed E-state index contributed by atoms with van der Waals surface area (Å²) in [6, 6.07) is 8.52. The predicted octanol–water partition coefficient (Wildman–Crippen LogP) is 4.05. The molecular formula is C21H31N3O3S. The van der Waals surface area contributed by atoms with Gasteiger partial charge >= 0.3 is 0 Å². The molecule has 6 nitrogen and oxygen atoms in total. The van der Waals surface area contributed by atoms with Crippen molar-refractivity contribution in [2.75, 3.05) is 11.1 Å². The lowest BCUT2D eigenvalue weighted by Crippen LogP contribution is -2.27. The smallest absolute Gasteiger partial charge is 0.226 e. The van der Waals surface area contributed by atoms with Crippen molar-refractivity contribution >= 4 is 21.6 Å². The van der Waals surface area contributed by atoms with Crippen LogP contribution in [-0.4, -0.2) is 29.9 Å². The number of nitrogens with one attached hydrogen (secondary N) is 1. The molecule has 1 N–H and O–H groups in total. The van der Waals surface area contributed by atoms with Gasteiger partial charge in [-0.1, -0.05) is 38.5 Å². The van der Waals surface area contributed by atoms with E-state index in [0.717, 1.165) is 11.3 Å². The minimum absolute atomic E-state index is 0.115. The summed E-state index contributed by atoms with van der Waals surface area (Å²) in [6.07, 6.45) is -0.115. The molecule has 0 aliphatic carbocycles. The molecule has 7 heteroatoms. The molecule has 2 rings (SSSR count). The Morgan fingerprint density at radius 2 is 1.64 bits per heavy atom. The van der Waals surface area contributed by atoms with E-state index in [1.54, 1.807) is 28.9 Å². The molecule has 1 amide bonds. The number of sulfone groups is 1. The number of hydrogen-bond acceptors (Lipinski definition) is 4. The van der Waals surface area contributed by atoms with E-state index in [0.29, 0.717) is 5.82 Å². The number of nitrogens with zero attached hydrogens (tertiary/aromatic N) is 2. The van der Waals surface area contributed by atoms with Crippen LogP contribution in [0.25, 0.3) is 0 Å². The maximum absolute atomic E-state index is 12.5. The first-order valence-corrected chi connectivity index (χ1v) is 11.1. The highest BCUT2D eigenvalue weighted by molar-refractivity contribution is 7.91. The van der Waals surface area contributed by atoms with Crippen LogP contribution in [0.3, 0.4) is 0 Å². The summed E-state index contributed by atoms with van der Waals surface area (Å²) < 4.78 is 26.7. The van der Waals surface area contributed by atoms with Crippen LogP contribution in [0.1, 0.15) is 59.2 Å². The average Bonchev–Trinajstić information content (AvgIpc) is 2.98. The Morgan fingerprint density at radius 1 is 1.07 bits per heavy atom. The van der Waals surface area contributed by atoms with Gasteiger partial charge in [-0.2, -0.15) is 5.10 Å². The maximum atomic E-state index is 12.5. The van der Waals surface area contributed by atoms with E-state index in [1.165, 1.54) is 0 Å². The fraction of sp³-hybridized carbons (Fsp3) is 0.524. The molecule has 1 aromatic heterocycles. The van der Waals surface area contributed by atoms with Gasteiger partial charge in [-0.25, -0.2) is 13.1 Å². The second kappa shape index (κ2) is 7.70. The van der Waals surface area contributed by atoms with Gasteiger partial charge in [0.1, 0.15) is 5.82 Å². The third-order valence-corrected chi connectivity index (χ3v) is 6.09. The van der Waals surface area contributed by atoms with Crippen molar-refractivity contribution in [3.8, 4) is 0 Å². The third kappa shape index (κ3) is 5.44. The Morgan fingerprint density at radius 3 is 2.14 bits per heavy atom. The number of anilines is 1. The summed E-state index contributed by atoms with van der Waals surface area (Å²) >= 11 is 0. The summed E-state index contributed by atoms with van der Waals surface area (Å²) in [7, 11) is -3.50. The van der Waals surface area contributed by atoms with Crippen LogP contribution in [0.15, 0.2) is 35.2 Å². The van der Waals surface area contributed by atoms with Gasteiger partial charge in [0.2, 0.25) is 5.91 Å². The van der Waals surface area contributed by atoms with Crippen LogP contribution in [0.5, 0.6) is 0 Å². The van der Waals surface area contributed by atoms with Crippen LogP contribution in [0.2, 0.25) is 0 Å². The zero-order valence-corrected chi connectivity index (χ0v) is 18.6. The van der Waals surface area contributed by atoms with E-state index >= 15 is 0 Å². The van der Waals surface area contributed by atoms with Crippen molar-refractivity contribution in [3.63, 3.8) is 0 Å². The number of aromatic nitrogens is 2. The second-order valence-electron chi connectivity index (χ2n) is 9.18. The lowest BCUT2D eigenvalue weighted by atomic mass is 9.92. The molecule has 1 aromatic carbocycles. The third-order valence-electron chi connectivity index (χ3n) is 4.36. The maximum Gasteiger partial charge on any atom is 0.226 e. The van der Waals surface area contributed by atoms with Gasteiger partial charge in [0.15, 0.2) is 9.84 Å². The van der Waals surface area contributed by atoms with E-state index in [2.05, 4.69) is 31.2 Å². The SMILES string of the molecule is Cc1ccc(S(=O)(=O)CCC(=O)Nc2cc(C(C)(C)C)nn2C(C)(C)C)cc1. The van der Waals surface area contributed by atoms with Gasteiger partial charge in [0.05, 0.1) is 21.9 Å². The van der Waals surface area contributed by atoms with E-state index in [4.69, 9.17) is 0 Å². The minimum atomic E-state index is -3.50. The van der Waals surface area contributed by atoms with E-state index in [1.807, 2.05) is 33.8 Å². The van der Waals surface area contributed by atoms with E-state index in [9.17, 15) is 13.2 Å². The summed E-state index contributed by atoms with van der Waals surface area (Å²) in [5.41, 5.74) is 1.37. The zero-order chi connectivity index (χ0) is 21.3. The van der Waals surface area contributed by atoms with Crippen LogP contribution >= 0.6 is 0 Å². The number of rotatable bonds is 5. The van der Waals surface area contributed by atoms with Crippen molar-refractivity contribution in [1.82, 2.24) is 9.78 Å². The molecule has 0 unspecified atom stereocenters. The number of amides is 1. The number of carbonyl (C=O) groups is 1. The normalized spacial score (nSPS) is 12.8. The van der Waals surface area contributed by atoms with Gasteiger partial charge in [-0.3, -0.25) is 4.79 Å². The molecule has 2 aromatic rings. The fourth-order valence-electron chi connectivity index (χ4n) is 2.64. The van der Waals surface area contributed by atoms with Gasteiger partial charge in [-0.15, -0.1) is 0 Å². The lowest BCUT2D eigenvalue weighted by molar-refractivity contribution is -0.115. The topological polar surface area (TPSA) is 81.1 Å². The average molecular weight is 406 g/mol. The van der Waals surface area contributed by atoms with Crippen molar-refractivity contribution in [1.29, 1.82) is 0 Å². The molecule has 0 spiro atoms. The Bertz CT molecular complexity index is 944. The van der Waals surface area contributed by atoms with Crippen LogP contribution in [0.4, 0.5) is 5.82 Å². The highest BCUT2D eigenvalue weighted by Gasteiger charge is 2.26. The summed E-state index contributed by atoms with van der Waals surface area (Å²) in [5.74, 6) is -0.00536. The summed E-state index contributed by atoms with van der Waals surface area (Å²) in [6.45, 7) is 14.1. The van der Waals surface area contributed by atoms with Crippen molar-refractivity contribution < 1.29 is 13.2 Å². The highest BCUT2D eigenvalue weighted by atomic mass is 32.2. The van der Waals surface area contributed by atoms with E-state index in [-0.39, 0.29) is 33.9 Å². The molecule has 0 aliphatic heterocycles. The predicted molar refractivity (Wildman–Crippen MR) is 112 cm³/mol. The largest absolute Gasteiger partial charge is 0.311 e. The molecule has 0 atom stereocenters. The lowest BCUT2D eigenvalue weighted by Gasteiger charge is -2.23. The van der Waals surface area contributed by atoms with Gasteiger partial charge in [0, 0.05) is 17.9 Å². The molecule has 1 heterocycles. The number of benzene rings is 1. The standard InChI is InChI=1S/C21H31N3O3S/c1-15-8-10-16(11-9-15)28(26,27)13-12-19(25)22-18-14-17(20(2,3)4)23-24(18)21(5,6)7/h8-11,14H,12-13H2,1-7H3,(H,22,25).